The van der Waals surface area contributed by atoms with Crippen LogP contribution >= 0.6 is 0 Å². The minimum Gasteiger partial charge on any atom is -0.444 e. The SMILES string of the molecule is CNC(=O)c1ccc(Oc2ccc(CN(CCc3ccccc3)C(=O)OC(C)(C)C)cc2)nc1. The van der Waals surface area contributed by atoms with E-state index in [0.29, 0.717) is 30.3 Å². The molecule has 0 saturated heterocycles. The highest BCUT2D eigenvalue weighted by atomic mass is 16.6. The van der Waals surface area contributed by atoms with E-state index in [4.69, 9.17) is 9.47 Å². The first kappa shape index (κ1) is 24.8. The number of benzene rings is 2. The average Bonchev–Trinajstić information content (AvgIpc) is 2.82. The van der Waals surface area contributed by atoms with Crippen molar-refractivity contribution in [3.05, 3.63) is 89.6 Å². The Morgan fingerprint density at radius 1 is 0.941 bits per heavy atom. The molecule has 0 aliphatic rings. The Hall–Kier alpha value is -3.87. The van der Waals surface area contributed by atoms with Crippen molar-refractivity contribution in [2.45, 2.75) is 39.3 Å². The van der Waals surface area contributed by atoms with Crippen LogP contribution in [0.15, 0.2) is 72.9 Å². The van der Waals surface area contributed by atoms with Gasteiger partial charge in [0.15, 0.2) is 0 Å². The van der Waals surface area contributed by atoms with Gasteiger partial charge >= 0.3 is 6.09 Å². The van der Waals surface area contributed by atoms with Gasteiger partial charge in [-0.1, -0.05) is 42.5 Å². The summed E-state index contributed by atoms with van der Waals surface area (Å²) in [5, 5.41) is 2.55. The summed E-state index contributed by atoms with van der Waals surface area (Å²) < 4.78 is 11.4. The van der Waals surface area contributed by atoms with Crippen molar-refractivity contribution in [2.24, 2.45) is 0 Å². The normalized spacial score (nSPS) is 10.9. The minimum absolute atomic E-state index is 0.204. The Morgan fingerprint density at radius 2 is 1.65 bits per heavy atom. The summed E-state index contributed by atoms with van der Waals surface area (Å²) in [7, 11) is 1.57. The summed E-state index contributed by atoms with van der Waals surface area (Å²) in [4.78, 5) is 30.4. The molecule has 1 aromatic heterocycles. The van der Waals surface area contributed by atoms with E-state index in [9.17, 15) is 9.59 Å². The Labute approximate surface area is 200 Å². The number of nitrogens with one attached hydrogen (secondary N) is 1. The molecule has 0 atom stereocenters. The van der Waals surface area contributed by atoms with E-state index in [1.807, 2.05) is 63.2 Å². The lowest BCUT2D eigenvalue weighted by Gasteiger charge is -2.27. The Morgan fingerprint density at radius 3 is 2.24 bits per heavy atom. The van der Waals surface area contributed by atoms with Crippen LogP contribution in [0.1, 0.15) is 42.3 Å². The molecule has 0 bridgehead atoms. The number of hydrogen-bond acceptors (Lipinski definition) is 5. The van der Waals surface area contributed by atoms with Crippen LogP contribution in [-0.4, -0.2) is 41.1 Å². The van der Waals surface area contributed by atoms with Crippen LogP contribution in [0.5, 0.6) is 11.6 Å². The first-order valence-electron chi connectivity index (χ1n) is 11.2. The Bertz CT molecular complexity index is 1080. The third-order valence-electron chi connectivity index (χ3n) is 4.91. The van der Waals surface area contributed by atoms with Gasteiger partial charge in [0.1, 0.15) is 11.4 Å². The number of carbonyl (C=O) groups excluding carboxylic acids is 2. The van der Waals surface area contributed by atoms with Crippen LogP contribution in [-0.2, 0) is 17.7 Å². The summed E-state index contributed by atoms with van der Waals surface area (Å²) in [6.45, 7) is 6.55. The molecular formula is C27H31N3O4. The number of nitrogens with zero attached hydrogens (tertiary/aromatic N) is 2. The molecule has 1 N–H and O–H groups in total. The van der Waals surface area contributed by atoms with Gasteiger partial charge in [0.05, 0.1) is 5.56 Å². The summed E-state index contributed by atoms with van der Waals surface area (Å²) in [6, 6.07) is 20.8. The van der Waals surface area contributed by atoms with E-state index in [2.05, 4.69) is 22.4 Å². The van der Waals surface area contributed by atoms with Crippen LogP contribution in [0.3, 0.4) is 0 Å². The van der Waals surface area contributed by atoms with Gasteiger partial charge in [0, 0.05) is 32.4 Å². The molecule has 0 fully saturated rings. The van der Waals surface area contributed by atoms with Gasteiger partial charge in [-0.3, -0.25) is 4.79 Å². The topological polar surface area (TPSA) is 80.8 Å². The summed E-state index contributed by atoms with van der Waals surface area (Å²) in [6.07, 6.45) is 1.86. The van der Waals surface area contributed by atoms with E-state index in [0.717, 1.165) is 17.5 Å². The fraction of sp³-hybridized carbons (Fsp3) is 0.296. The van der Waals surface area contributed by atoms with Gasteiger partial charge in [0.25, 0.3) is 5.91 Å². The number of hydrogen-bond donors (Lipinski definition) is 1. The van der Waals surface area contributed by atoms with Gasteiger partial charge in [-0.2, -0.15) is 0 Å². The molecular weight excluding hydrogens is 430 g/mol. The summed E-state index contributed by atoms with van der Waals surface area (Å²) in [5.74, 6) is 0.793. The van der Waals surface area contributed by atoms with Crippen LogP contribution in [0.4, 0.5) is 4.79 Å². The quantitative estimate of drug-likeness (QED) is 0.498. The molecule has 0 unspecified atom stereocenters. The molecule has 34 heavy (non-hydrogen) atoms. The molecule has 1 heterocycles. The van der Waals surface area contributed by atoms with Gasteiger partial charge < -0.3 is 19.7 Å². The zero-order valence-electron chi connectivity index (χ0n) is 20.1. The van der Waals surface area contributed by atoms with Gasteiger partial charge in [-0.25, -0.2) is 9.78 Å². The van der Waals surface area contributed by atoms with E-state index >= 15 is 0 Å². The smallest absolute Gasteiger partial charge is 0.410 e. The number of rotatable bonds is 8. The minimum atomic E-state index is -0.569. The molecule has 7 nitrogen and oxygen atoms in total. The number of pyridine rings is 1. The standard InChI is InChI=1S/C27H31N3O4/c1-27(2,3)34-26(32)30(17-16-20-8-6-5-7-9-20)19-21-10-13-23(14-11-21)33-24-15-12-22(18-29-24)25(31)28-4/h5-15,18H,16-17,19H2,1-4H3,(H,28,31). The number of ether oxygens (including phenoxy) is 2. The lowest BCUT2D eigenvalue weighted by molar-refractivity contribution is 0.0235. The second-order valence-electron chi connectivity index (χ2n) is 8.85. The van der Waals surface area contributed by atoms with Gasteiger partial charge in [0.2, 0.25) is 5.88 Å². The molecule has 0 radical (unpaired) electrons. The summed E-state index contributed by atoms with van der Waals surface area (Å²) >= 11 is 0. The average molecular weight is 462 g/mol. The Kier molecular flexibility index (Phi) is 8.24. The molecule has 0 spiro atoms. The van der Waals surface area contributed by atoms with Crippen LogP contribution < -0.4 is 10.1 Å². The van der Waals surface area contributed by atoms with Crippen LogP contribution in [0.2, 0.25) is 0 Å². The van der Waals surface area contributed by atoms with E-state index in [1.165, 1.54) is 6.20 Å². The van der Waals surface area contributed by atoms with Gasteiger partial charge in [-0.15, -0.1) is 0 Å². The lowest BCUT2D eigenvalue weighted by atomic mass is 10.1. The zero-order valence-corrected chi connectivity index (χ0v) is 20.1. The summed E-state index contributed by atoms with van der Waals surface area (Å²) in [5.41, 5.74) is 2.01. The predicted octanol–water partition coefficient (Wildman–Crippen LogP) is 5.21. The highest BCUT2D eigenvalue weighted by Gasteiger charge is 2.22. The third kappa shape index (κ3) is 7.62. The molecule has 178 valence electrons. The van der Waals surface area contributed by atoms with Crippen LogP contribution in [0, 0.1) is 0 Å². The first-order chi connectivity index (χ1) is 16.2. The van der Waals surface area contributed by atoms with Crippen molar-refractivity contribution in [1.82, 2.24) is 15.2 Å². The third-order valence-corrected chi connectivity index (χ3v) is 4.91. The second kappa shape index (κ2) is 11.3. The molecule has 3 aromatic rings. The highest BCUT2D eigenvalue weighted by Crippen LogP contribution is 2.21. The number of amides is 2. The molecule has 2 aromatic carbocycles. The van der Waals surface area contributed by atoms with Crippen molar-refractivity contribution < 1.29 is 19.1 Å². The van der Waals surface area contributed by atoms with E-state index in [1.54, 1.807) is 24.1 Å². The maximum absolute atomic E-state index is 12.8. The molecule has 2 amide bonds. The lowest BCUT2D eigenvalue weighted by Crippen LogP contribution is -2.37. The highest BCUT2D eigenvalue weighted by molar-refractivity contribution is 5.93. The zero-order chi connectivity index (χ0) is 24.6. The molecule has 0 aliphatic carbocycles. The first-order valence-corrected chi connectivity index (χ1v) is 11.2. The largest absolute Gasteiger partial charge is 0.444 e. The fourth-order valence-corrected chi connectivity index (χ4v) is 3.19. The molecule has 7 heteroatoms. The second-order valence-corrected chi connectivity index (χ2v) is 8.85. The predicted molar refractivity (Wildman–Crippen MR) is 131 cm³/mol. The maximum Gasteiger partial charge on any atom is 0.410 e. The monoisotopic (exact) mass is 461 g/mol. The number of aromatic nitrogens is 1. The van der Waals surface area contributed by atoms with E-state index < -0.39 is 5.60 Å². The maximum atomic E-state index is 12.8. The Balaban J connectivity index is 1.65. The van der Waals surface area contributed by atoms with Crippen molar-refractivity contribution in [3.63, 3.8) is 0 Å². The van der Waals surface area contributed by atoms with Crippen molar-refractivity contribution >= 4 is 12.0 Å². The van der Waals surface area contributed by atoms with Crippen molar-refractivity contribution in [1.29, 1.82) is 0 Å². The van der Waals surface area contributed by atoms with Crippen molar-refractivity contribution in [3.8, 4) is 11.6 Å². The fourth-order valence-electron chi connectivity index (χ4n) is 3.19. The van der Waals surface area contributed by atoms with Crippen LogP contribution in [0.25, 0.3) is 0 Å². The van der Waals surface area contributed by atoms with Gasteiger partial charge in [-0.05, 0) is 56.5 Å². The molecule has 3 rings (SSSR count). The van der Waals surface area contributed by atoms with Crippen molar-refractivity contribution in [2.75, 3.05) is 13.6 Å². The molecule has 0 saturated carbocycles. The number of carbonyl (C=O) groups is 2. The van der Waals surface area contributed by atoms with E-state index in [-0.39, 0.29) is 12.0 Å². The molecule has 0 aliphatic heterocycles.